The number of aromatic amines is 1. The van der Waals surface area contributed by atoms with Gasteiger partial charge >= 0.3 is 0 Å². The second kappa shape index (κ2) is 12.3. The third kappa shape index (κ3) is 6.47. The Morgan fingerprint density at radius 2 is 2.03 bits per heavy atom. The molecule has 0 unspecified atom stereocenters. The predicted octanol–water partition coefficient (Wildman–Crippen LogP) is 4.45. The van der Waals surface area contributed by atoms with Gasteiger partial charge in [-0.05, 0) is 35.7 Å². The van der Waals surface area contributed by atoms with Crippen molar-refractivity contribution in [3.05, 3.63) is 89.9 Å². The highest BCUT2D eigenvalue weighted by molar-refractivity contribution is 5.95. The predicted molar refractivity (Wildman–Crippen MR) is 141 cm³/mol. The van der Waals surface area contributed by atoms with Crippen molar-refractivity contribution in [3.8, 4) is 0 Å². The van der Waals surface area contributed by atoms with Crippen molar-refractivity contribution in [2.45, 2.75) is 38.8 Å². The largest absolute Gasteiger partial charge is 0.396 e. The molecule has 0 saturated carbocycles. The number of para-hydroxylation sites is 1. The van der Waals surface area contributed by atoms with Crippen LogP contribution in [0.15, 0.2) is 73.1 Å². The van der Waals surface area contributed by atoms with E-state index in [9.17, 15) is 4.79 Å². The number of aromatic nitrogens is 4. The maximum Gasteiger partial charge on any atom is 0.228 e. The maximum absolute atomic E-state index is 12.6. The first-order valence-corrected chi connectivity index (χ1v) is 12.2. The zero-order valence-electron chi connectivity index (χ0n) is 20.7. The van der Waals surface area contributed by atoms with Crippen LogP contribution in [0.2, 0.25) is 0 Å². The van der Waals surface area contributed by atoms with Gasteiger partial charge in [-0.3, -0.25) is 9.48 Å². The number of methoxy groups -OCH3 is 1. The van der Waals surface area contributed by atoms with Gasteiger partial charge in [-0.1, -0.05) is 54.6 Å². The molecule has 2 aromatic heterocycles. The van der Waals surface area contributed by atoms with E-state index in [0.717, 1.165) is 46.4 Å². The number of hydrogen-bond donors (Lipinski definition) is 3. The van der Waals surface area contributed by atoms with Crippen molar-refractivity contribution < 1.29 is 14.6 Å². The molecule has 8 heteroatoms. The van der Waals surface area contributed by atoms with E-state index in [4.69, 9.17) is 9.84 Å². The normalized spacial score (nSPS) is 13.3. The number of amides is 1. The van der Waals surface area contributed by atoms with Crippen molar-refractivity contribution in [3.63, 3.8) is 0 Å². The fourth-order valence-corrected chi connectivity index (χ4v) is 4.36. The maximum atomic E-state index is 12.6. The summed E-state index contributed by atoms with van der Waals surface area (Å²) in [6.45, 7) is 2.93. The van der Waals surface area contributed by atoms with Gasteiger partial charge in [0, 0.05) is 61.6 Å². The van der Waals surface area contributed by atoms with E-state index in [1.165, 1.54) is 0 Å². The number of aryl methyl sites for hydroxylation is 1. The summed E-state index contributed by atoms with van der Waals surface area (Å²) in [5.74, 6) is 0.112. The van der Waals surface area contributed by atoms with Gasteiger partial charge in [0.2, 0.25) is 5.91 Å². The second-order valence-electron chi connectivity index (χ2n) is 8.89. The van der Waals surface area contributed by atoms with E-state index in [-0.39, 0.29) is 24.5 Å². The summed E-state index contributed by atoms with van der Waals surface area (Å²) in [4.78, 5) is 15.8. The summed E-state index contributed by atoms with van der Waals surface area (Å²) < 4.78 is 7.57. The second-order valence-corrected chi connectivity index (χ2v) is 8.89. The van der Waals surface area contributed by atoms with Gasteiger partial charge in [0.25, 0.3) is 0 Å². The first-order chi connectivity index (χ1) is 17.6. The number of allylic oxidation sites excluding steroid dienone is 1. The summed E-state index contributed by atoms with van der Waals surface area (Å²) >= 11 is 0. The number of ether oxygens (including phenoxy) is 1. The van der Waals surface area contributed by atoms with Crippen LogP contribution in [0.4, 0.5) is 5.69 Å². The minimum absolute atomic E-state index is 0.0528. The van der Waals surface area contributed by atoms with Gasteiger partial charge in [-0.25, -0.2) is 0 Å². The van der Waals surface area contributed by atoms with Crippen LogP contribution in [0.1, 0.15) is 36.3 Å². The van der Waals surface area contributed by atoms with E-state index in [1.807, 2.05) is 60.9 Å². The van der Waals surface area contributed by atoms with Gasteiger partial charge in [0.15, 0.2) is 0 Å². The molecular weight excluding hydrogens is 454 g/mol. The molecule has 2 atom stereocenters. The van der Waals surface area contributed by atoms with Crippen LogP contribution in [-0.4, -0.2) is 44.7 Å². The Labute approximate surface area is 211 Å². The molecule has 0 aliphatic heterocycles. The first kappa shape index (κ1) is 25.3. The molecule has 188 valence electrons. The van der Waals surface area contributed by atoms with Crippen LogP contribution in [-0.2, 0) is 28.9 Å². The molecule has 2 aromatic carbocycles. The lowest BCUT2D eigenvalue weighted by Crippen LogP contribution is -2.14. The minimum atomic E-state index is -0.0975. The fourth-order valence-electron chi connectivity index (χ4n) is 4.36. The summed E-state index contributed by atoms with van der Waals surface area (Å²) in [6, 6.07) is 15.8. The Hall–Kier alpha value is -3.75. The molecule has 36 heavy (non-hydrogen) atoms. The molecule has 0 fully saturated rings. The lowest BCUT2D eigenvalue weighted by Gasteiger charge is -2.21. The van der Waals surface area contributed by atoms with Crippen LogP contribution in [0, 0.1) is 5.92 Å². The average molecular weight is 488 g/mol. The summed E-state index contributed by atoms with van der Waals surface area (Å²) in [5, 5.41) is 21.2. The van der Waals surface area contributed by atoms with Crippen LogP contribution in [0.25, 0.3) is 10.9 Å². The van der Waals surface area contributed by atoms with Gasteiger partial charge in [0.05, 0.1) is 18.2 Å². The van der Waals surface area contributed by atoms with Gasteiger partial charge in [-0.15, -0.1) is 5.10 Å². The molecule has 0 radical (unpaired) electrons. The molecule has 4 aromatic rings. The van der Waals surface area contributed by atoms with E-state index >= 15 is 0 Å². The van der Waals surface area contributed by atoms with E-state index in [1.54, 1.807) is 11.8 Å². The topological polar surface area (TPSA) is 105 Å². The number of nitrogens with zero attached hydrogens (tertiary/aromatic N) is 3. The fraction of sp³-hybridized carbons (Fsp3) is 0.321. The smallest absolute Gasteiger partial charge is 0.228 e. The van der Waals surface area contributed by atoms with E-state index in [2.05, 4.69) is 39.7 Å². The number of nitrogens with one attached hydrogen (secondary N) is 2. The number of anilines is 1. The number of carbonyl (C=O) groups excluding carboxylic acids is 1. The average Bonchev–Trinajstić information content (AvgIpc) is 3.50. The van der Waals surface area contributed by atoms with Crippen molar-refractivity contribution in [2.24, 2.45) is 5.92 Å². The summed E-state index contributed by atoms with van der Waals surface area (Å²) in [6.07, 6.45) is 9.60. The number of fused-ring (bicyclic) bond motifs is 1. The van der Waals surface area contributed by atoms with Gasteiger partial charge in [-0.2, -0.15) is 0 Å². The molecule has 2 heterocycles. The third-order valence-electron chi connectivity index (χ3n) is 6.20. The molecule has 1 amide bonds. The van der Waals surface area contributed by atoms with Crippen molar-refractivity contribution >= 4 is 22.5 Å². The molecule has 4 rings (SSSR count). The number of H-pyrrole nitrogens is 1. The Bertz CT molecular complexity index is 1290. The Balaban J connectivity index is 1.29. The Kier molecular flexibility index (Phi) is 8.65. The number of rotatable bonds is 12. The molecule has 0 aliphatic carbocycles. The first-order valence-electron chi connectivity index (χ1n) is 12.2. The standard InChI is InChI=1S/C28H33N5O3/c1-20(7-5-6-15-33-19-24(14-16-34)31-32-33)28(36-2)21-10-12-23(13-11-21)30-27(35)17-22-18-29-26-9-4-3-8-25(22)26/h3-5,7-13,18-20,28-29,34H,6,14-17H2,1-2H3,(H,30,35)/b7-5+/t20-,28+/m0/s1. The van der Waals surface area contributed by atoms with E-state index < -0.39 is 0 Å². The van der Waals surface area contributed by atoms with Crippen molar-refractivity contribution in [1.29, 1.82) is 0 Å². The van der Waals surface area contributed by atoms with Gasteiger partial charge in [0.1, 0.15) is 0 Å². The highest BCUT2D eigenvalue weighted by atomic mass is 16.5. The van der Waals surface area contributed by atoms with Crippen molar-refractivity contribution in [1.82, 2.24) is 20.0 Å². The minimum Gasteiger partial charge on any atom is -0.396 e. The molecule has 0 saturated heterocycles. The van der Waals surface area contributed by atoms with Crippen LogP contribution < -0.4 is 5.32 Å². The third-order valence-corrected chi connectivity index (χ3v) is 6.20. The quantitative estimate of drug-likeness (QED) is 0.256. The summed E-state index contributed by atoms with van der Waals surface area (Å²) in [5.41, 5.74) is 4.62. The monoisotopic (exact) mass is 487 g/mol. The van der Waals surface area contributed by atoms with Crippen LogP contribution >= 0.6 is 0 Å². The molecule has 8 nitrogen and oxygen atoms in total. The summed E-state index contributed by atoms with van der Waals surface area (Å²) in [7, 11) is 1.71. The zero-order chi connectivity index (χ0) is 25.3. The van der Waals surface area contributed by atoms with Crippen LogP contribution in [0.5, 0.6) is 0 Å². The SMILES string of the molecule is CO[C@@H](c1ccc(NC(=O)Cc2c[nH]c3ccccc23)cc1)[C@@H](C)/C=C/CCn1cc(CCO)nn1. The number of benzene rings is 2. The molecule has 0 bridgehead atoms. The highest BCUT2D eigenvalue weighted by Crippen LogP contribution is 2.28. The number of hydrogen-bond acceptors (Lipinski definition) is 5. The Morgan fingerprint density at radius 3 is 2.81 bits per heavy atom. The lowest BCUT2D eigenvalue weighted by atomic mass is 9.96. The molecule has 0 spiro atoms. The molecule has 0 aliphatic rings. The Morgan fingerprint density at radius 1 is 1.22 bits per heavy atom. The van der Waals surface area contributed by atoms with Crippen LogP contribution in [0.3, 0.4) is 0 Å². The van der Waals surface area contributed by atoms with Crippen molar-refractivity contribution in [2.75, 3.05) is 19.0 Å². The van der Waals surface area contributed by atoms with Gasteiger partial charge < -0.3 is 20.1 Å². The number of aliphatic hydroxyl groups is 1. The lowest BCUT2D eigenvalue weighted by molar-refractivity contribution is -0.115. The van der Waals surface area contributed by atoms with E-state index in [0.29, 0.717) is 12.8 Å². The molecular formula is C28H33N5O3. The zero-order valence-corrected chi connectivity index (χ0v) is 20.7. The number of carbonyl (C=O) groups is 1. The molecule has 3 N–H and O–H groups in total. The number of aliphatic hydroxyl groups excluding tert-OH is 1. The highest BCUT2D eigenvalue weighted by Gasteiger charge is 2.17.